The fraction of sp³-hybridized carbons (Fsp3) is 0.355. The van der Waals surface area contributed by atoms with Crippen LogP contribution in [0.4, 0.5) is 0 Å². The SMILES string of the molecule is Cn1nnc2cc(CNC(=O)C3CC(N4Cc5ccccc5C4)CN3C(=O)C(N)CCc3ccccc3)ccc21. The summed E-state index contributed by atoms with van der Waals surface area (Å²) in [7, 11) is 1.85. The standard InChI is InChI=1S/C31H35N7O2/c1-36-28-14-12-22(15-27(28)34-35-36)17-33-30(39)29-16-25(37-18-23-9-5-6-10-24(23)19-37)20-38(29)31(40)26(32)13-11-21-7-3-2-4-8-21/h2-10,12,14-15,25-26,29H,11,13,16-20,32H2,1H3,(H,33,39). The topological polar surface area (TPSA) is 109 Å². The van der Waals surface area contributed by atoms with Crippen molar-refractivity contribution < 1.29 is 9.59 Å². The van der Waals surface area contributed by atoms with Crippen LogP contribution in [-0.2, 0) is 42.7 Å². The zero-order valence-corrected chi connectivity index (χ0v) is 22.7. The minimum absolute atomic E-state index is 0.0874. The molecule has 0 bridgehead atoms. The highest BCUT2D eigenvalue weighted by molar-refractivity contribution is 5.90. The molecule has 3 unspecified atom stereocenters. The van der Waals surface area contributed by atoms with E-state index in [0.29, 0.717) is 32.4 Å². The molecule has 3 atom stereocenters. The van der Waals surface area contributed by atoms with Crippen LogP contribution in [0, 0.1) is 0 Å². The number of aryl methyl sites for hydroxylation is 2. The summed E-state index contributed by atoms with van der Waals surface area (Å²) < 4.78 is 1.72. The van der Waals surface area contributed by atoms with Crippen LogP contribution in [0.15, 0.2) is 72.8 Å². The lowest BCUT2D eigenvalue weighted by molar-refractivity contribution is -0.139. The molecule has 9 heteroatoms. The lowest BCUT2D eigenvalue weighted by Crippen LogP contribution is -2.51. The minimum Gasteiger partial charge on any atom is -0.350 e. The number of nitrogens with one attached hydrogen (secondary N) is 1. The number of carbonyl (C=O) groups excluding carboxylic acids is 2. The molecule has 206 valence electrons. The van der Waals surface area contributed by atoms with Crippen LogP contribution in [0.1, 0.15) is 35.1 Å². The Morgan fingerprint density at radius 3 is 2.48 bits per heavy atom. The number of rotatable bonds is 8. The van der Waals surface area contributed by atoms with E-state index in [1.54, 1.807) is 9.58 Å². The summed E-state index contributed by atoms with van der Waals surface area (Å²) in [6, 6.07) is 23.2. The fourth-order valence-electron chi connectivity index (χ4n) is 5.99. The van der Waals surface area contributed by atoms with Gasteiger partial charge in [0.25, 0.3) is 0 Å². The van der Waals surface area contributed by atoms with Crippen molar-refractivity contribution in [3.8, 4) is 0 Å². The second-order valence-corrected chi connectivity index (χ2v) is 11.0. The molecule has 4 aromatic rings. The quantitative estimate of drug-likeness (QED) is 0.358. The lowest BCUT2D eigenvalue weighted by Gasteiger charge is -2.27. The number of amides is 2. The van der Waals surface area contributed by atoms with Gasteiger partial charge in [-0.25, -0.2) is 4.68 Å². The first kappa shape index (κ1) is 26.2. The van der Waals surface area contributed by atoms with Gasteiger partial charge < -0.3 is 16.0 Å². The Balaban J connectivity index is 1.15. The predicted molar refractivity (Wildman–Crippen MR) is 153 cm³/mol. The molecule has 0 saturated carbocycles. The Morgan fingerprint density at radius 2 is 1.73 bits per heavy atom. The van der Waals surface area contributed by atoms with Gasteiger partial charge in [0.05, 0.1) is 11.6 Å². The van der Waals surface area contributed by atoms with Crippen LogP contribution in [-0.4, -0.2) is 61.3 Å². The normalized spacial score (nSPS) is 19.6. The number of likely N-dealkylation sites (tertiary alicyclic amines) is 1. The molecule has 0 aliphatic carbocycles. The molecular formula is C31H35N7O2. The van der Waals surface area contributed by atoms with Gasteiger partial charge in [0.1, 0.15) is 11.6 Å². The van der Waals surface area contributed by atoms with E-state index in [-0.39, 0.29) is 17.9 Å². The van der Waals surface area contributed by atoms with E-state index >= 15 is 0 Å². The Bertz CT molecular complexity index is 1490. The summed E-state index contributed by atoms with van der Waals surface area (Å²) >= 11 is 0. The van der Waals surface area contributed by atoms with Crippen molar-refractivity contribution in [2.45, 2.75) is 57.0 Å². The summed E-state index contributed by atoms with van der Waals surface area (Å²) in [5.41, 5.74) is 12.9. The van der Waals surface area contributed by atoms with Crippen molar-refractivity contribution in [2.75, 3.05) is 6.54 Å². The highest BCUT2D eigenvalue weighted by Crippen LogP contribution is 2.31. The van der Waals surface area contributed by atoms with Gasteiger partial charge in [-0.05, 0) is 53.6 Å². The smallest absolute Gasteiger partial charge is 0.243 e. The van der Waals surface area contributed by atoms with Crippen LogP contribution < -0.4 is 11.1 Å². The van der Waals surface area contributed by atoms with Crippen molar-refractivity contribution >= 4 is 22.8 Å². The van der Waals surface area contributed by atoms with Crippen molar-refractivity contribution in [3.63, 3.8) is 0 Å². The Morgan fingerprint density at radius 1 is 1.00 bits per heavy atom. The molecule has 1 saturated heterocycles. The molecule has 40 heavy (non-hydrogen) atoms. The molecule has 3 N–H and O–H groups in total. The lowest BCUT2D eigenvalue weighted by atomic mass is 10.0. The van der Waals surface area contributed by atoms with Crippen LogP contribution >= 0.6 is 0 Å². The highest BCUT2D eigenvalue weighted by atomic mass is 16.2. The number of benzene rings is 3. The molecule has 0 radical (unpaired) electrons. The maximum Gasteiger partial charge on any atom is 0.243 e. The van der Waals surface area contributed by atoms with Crippen molar-refractivity contribution in [2.24, 2.45) is 12.8 Å². The number of nitrogens with two attached hydrogens (primary N) is 1. The molecule has 1 aromatic heterocycles. The maximum absolute atomic E-state index is 13.7. The average Bonchev–Trinajstić information content (AvgIpc) is 3.71. The number of hydrogen-bond acceptors (Lipinski definition) is 6. The van der Waals surface area contributed by atoms with Crippen molar-refractivity contribution in [1.29, 1.82) is 0 Å². The molecule has 0 spiro atoms. The van der Waals surface area contributed by atoms with E-state index in [1.165, 1.54) is 11.1 Å². The van der Waals surface area contributed by atoms with Crippen LogP contribution in [0.2, 0.25) is 0 Å². The van der Waals surface area contributed by atoms with Gasteiger partial charge in [0.2, 0.25) is 11.8 Å². The second-order valence-electron chi connectivity index (χ2n) is 11.0. The summed E-state index contributed by atoms with van der Waals surface area (Å²) in [5.74, 6) is -0.307. The van der Waals surface area contributed by atoms with Crippen molar-refractivity contribution in [1.82, 2.24) is 30.1 Å². The minimum atomic E-state index is -0.663. The molecule has 2 aliphatic heterocycles. The summed E-state index contributed by atoms with van der Waals surface area (Å²) in [6.45, 7) is 2.50. The maximum atomic E-state index is 13.7. The highest BCUT2D eigenvalue weighted by Gasteiger charge is 2.43. The van der Waals surface area contributed by atoms with E-state index in [1.807, 2.05) is 55.6 Å². The van der Waals surface area contributed by atoms with E-state index in [2.05, 4.69) is 44.8 Å². The summed E-state index contributed by atoms with van der Waals surface area (Å²) in [5, 5.41) is 11.3. The third kappa shape index (κ3) is 5.35. The van der Waals surface area contributed by atoms with Crippen molar-refractivity contribution in [3.05, 3.63) is 95.1 Å². The van der Waals surface area contributed by atoms with Crippen LogP contribution in [0.5, 0.6) is 0 Å². The van der Waals surface area contributed by atoms with E-state index < -0.39 is 12.1 Å². The second kappa shape index (κ2) is 11.2. The van der Waals surface area contributed by atoms with E-state index in [9.17, 15) is 9.59 Å². The predicted octanol–water partition coefficient (Wildman–Crippen LogP) is 2.53. The van der Waals surface area contributed by atoms with Gasteiger partial charge in [-0.2, -0.15) is 0 Å². The Kier molecular flexibility index (Phi) is 7.32. The molecular weight excluding hydrogens is 502 g/mol. The molecule has 3 heterocycles. The zero-order chi connectivity index (χ0) is 27.6. The molecule has 2 amide bonds. The molecule has 2 aliphatic rings. The van der Waals surface area contributed by atoms with Gasteiger partial charge >= 0.3 is 0 Å². The third-order valence-corrected chi connectivity index (χ3v) is 8.29. The first-order chi connectivity index (χ1) is 19.5. The third-order valence-electron chi connectivity index (χ3n) is 8.29. The van der Waals surface area contributed by atoms with Crippen LogP contribution in [0.3, 0.4) is 0 Å². The number of carbonyl (C=O) groups is 2. The Hall–Kier alpha value is -4.08. The summed E-state index contributed by atoms with van der Waals surface area (Å²) in [6.07, 6.45) is 1.83. The molecule has 1 fully saturated rings. The monoisotopic (exact) mass is 537 g/mol. The van der Waals surface area contributed by atoms with Gasteiger partial charge in [-0.1, -0.05) is 65.9 Å². The molecule has 9 nitrogen and oxygen atoms in total. The van der Waals surface area contributed by atoms with E-state index in [0.717, 1.165) is 35.2 Å². The van der Waals surface area contributed by atoms with Crippen LogP contribution in [0.25, 0.3) is 11.0 Å². The van der Waals surface area contributed by atoms with Gasteiger partial charge in [0, 0.05) is 39.3 Å². The van der Waals surface area contributed by atoms with E-state index in [4.69, 9.17) is 5.73 Å². The fourth-order valence-corrected chi connectivity index (χ4v) is 5.99. The number of hydrogen-bond donors (Lipinski definition) is 2. The summed E-state index contributed by atoms with van der Waals surface area (Å²) in [4.78, 5) is 31.4. The first-order valence-electron chi connectivity index (χ1n) is 13.9. The van der Waals surface area contributed by atoms with Gasteiger partial charge in [-0.3, -0.25) is 14.5 Å². The molecule has 6 rings (SSSR count). The largest absolute Gasteiger partial charge is 0.350 e. The van der Waals surface area contributed by atoms with Gasteiger partial charge in [0.15, 0.2) is 0 Å². The number of aromatic nitrogens is 3. The average molecular weight is 538 g/mol. The number of fused-ring (bicyclic) bond motifs is 2. The first-order valence-corrected chi connectivity index (χ1v) is 13.9. The molecule has 3 aromatic carbocycles. The number of nitrogens with zero attached hydrogens (tertiary/aromatic N) is 5. The van der Waals surface area contributed by atoms with Gasteiger partial charge in [-0.15, -0.1) is 5.10 Å². The Labute approximate surface area is 233 Å². The zero-order valence-electron chi connectivity index (χ0n) is 22.7.